The number of urea groups is 1. The molecule has 0 aliphatic heterocycles. The molecule has 21 heavy (non-hydrogen) atoms. The number of primary sulfonamides is 1. The summed E-state index contributed by atoms with van der Waals surface area (Å²) in [6.45, 7) is 0.562. The van der Waals surface area contributed by atoms with Crippen LogP contribution in [0.5, 0.6) is 0 Å². The molecule has 2 rings (SSSR count). The van der Waals surface area contributed by atoms with Gasteiger partial charge in [-0.25, -0.2) is 18.4 Å². The monoisotopic (exact) mass is 309 g/mol. The van der Waals surface area contributed by atoms with Gasteiger partial charge in [-0.15, -0.1) is 0 Å². The third-order valence-electron chi connectivity index (χ3n) is 3.29. The first-order valence-corrected chi connectivity index (χ1v) is 8.35. The summed E-state index contributed by atoms with van der Waals surface area (Å²) in [4.78, 5) is 11.7. The highest BCUT2D eigenvalue weighted by molar-refractivity contribution is 7.89. The highest BCUT2D eigenvalue weighted by Crippen LogP contribution is 2.19. The van der Waals surface area contributed by atoms with Gasteiger partial charge in [0.1, 0.15) is 0 Å². The van der Waals surface area contributed by atoms with E-state index in [4.69, 9.17) is 5.14 Å². The number of hydrogen-bond acceptors (Lipinski definition) is 3. The van der Waals surface area contributed by atoms with Crippen molar-refractivity contribution in [2.75, 3.05) is 11.9 Å². The Balaban J connectivity index is 1.85. The maximum absolute atomic E-state index is 11.7. The molecular formula is C14H19N3O3S. The Morgan fingerprint density at radius 1 is 1.33 bits per heavy atom. The van der Waals surface area contributed by atoms with Gasteiger partial charge < -0.3 is 10.6 Å². The Hall–Kier alpha value is -1.86. The maximum Gasteiger partial charge on any atom is 0.319 e. The second-order valence-electron chi connectivity index (χ2n) is 4.96. The zero-order valence-electron chi connectivity index (χ0n) is 11.6. The summed E-state index contributed by atoms with van der Waals surface area (Å²) in [5, 5.41) is 10.4. The molecule has 6 nitrogen and oxygen atoms in total. The molecule has 0 saturated carbocycles. The van der Waals surface area contributed by atoms with Crippen molar-refractivity contribution >= 4 is 21.7 Å². The lowest BCUT2D eigenvalue weighted by molar-refractivity contribution is 0.252. The van der Waals surface area contributed by atoms with Gasteiger partial charge in [0, 0.05) is 12.2 Å². The van der Waals surface area contributed by atoms with Gasteiger partial charge in [0.2, 0.25) is 10.0 Å². The Morgan fingerprint density at radius 3 is 2.81 bits per heavy atom. The number of carbonyl (C=O) groups excluding carboxylic acids is 1. The number of hydrogen-bond donors (Lipinski definition) is 3. The topological polar surface area (TPSA) is 101 Å². The molecule has 2 amide bonds. The quantitative estimate of drug-likeness (QED) is 0.725. The van der Waals surface area contributed by atoms with Crippen LogP contribution in [0, 0.1) is 0 Å². The molecule has 1 aliphatic rings. The van der Waals surface area contributed by atoms with Crippen LogP contribution in [0.25, 0.3) is 0 Å². The summed E-state index contributed by atoms with van der Waals surface area (Å²) < 4.78 is 22.5. The summed E-state index contributed by atoms with van der Waals surface area (Å²) in [6, 6.07) is 5.48. The first-order valence-electron chi connectivity index (χ1n) is 6.81. The predicted octanol–water partition coefficient (Wildman–Crippen LogP) is 1.96. The third kappa shape index (κ3) is 4.87. The molecule has 0 saturated heterocycles. The van der Waals surface area contributed by atoms with Crippen LogP contribution in [0.15, 0.2) is 40.8 Å². The standard InChI is InChI=1S/C14H19N3O3S/c15-21(19,20)13-7-3-6-12(10-13)17-14(18)16-9-8-11-4-1-2-5-11/h3-4,6-7,10H,1-2,5,8-9H2,(H2,15,19,20)(H2,16,17,18). The molecule has 1 aromatic carbocycles. The van der Waals surface area contributed by atoms with Gasteiger partial charge >= 0.3 is 6.03 Å². The molecule has 0 radical (unpaired) electrons. The summed E-state index contributed by atoms with van der Waals surface area (Å²) in [5.41, 5.74) is 1.77. The highest BCUT2D eigenvalue weighted by Gasteiger charge is 2.09. The van der Waals surface area contributed by atoms with Crippen molar-refractivity contribution in [2.45, 2.75) is 30.6 Å². The first kappa shape index (κ1) is 15.5. The van der Waals surface area contributed by atoms with Crippen LogP contribution < -0.4 is 15.8 Å². The minimum Gasteiger partial charge on any atom is -0.338 e. The normalized spacial score (nSPS) is 14.6. The number of nitrogens with one attached hydrogen (secondary N) is 2. The van der Waals surface area contributed by atoms with Crippen molar-refractivity contribution in [3.63, 3.8) is 0 Å². The van der Waals surface area contributed by atoms with Crippen LogP contribution in [0.1, 0.15) is 25.7 Å². The molecule has 0 aromatic heterocycles. The lowest BCUT2D eigenvalue weighted by atomic mass is 10.2. The molecule has 0 bridgehead atoms. The van der Waals surface area contributed by atoms with Crippen molar-refractivity contribution in [1.82, 2.24) is 5.32 Å². The van der Waals surface area contributed by atoms with E-state index in [1.54, 1.807) is 6.07 Å². The minimum atomic E-state index is -3.77. The van der Waals surface area contributed by atoms with Crippen LogP contribution >= 0.6 is 0 Å². The number of carbonyl (C=O) groups is 1. The Morgan fingerprint density at radius 2 is 2.14 bits per heavy atom. The van der Waals surface area contributed by atoms with Gasteiger partial charge in [0.05, 0.1) is 4.90 Å². The second-order valence-corrected chi connectivity index (χ2v) is 6.52. The maximum atomic E-state index is 11.7. The van der Waals surface area contributed by atoms with E-state index in [0.717, 1.165) is 19.3 Å². The lowest BCUT2D eigenvalue weighted by Crippen LogP contribution is -2.29. The van der Waals surface area contributed by atoms with Gasteiger partial charge in [0.15, 0.2) is 0 Å². The third-order valence-corrected chi connectivity index (χ3v) is 4.20. The largest absolute Gasteiger partial charge is 0.338 e. The number of amides is 2. The summed E-state index contributed by atoms with van der Waals surface area (Å²) in [5.74, 6) is 0. The van der Waals surface area contributed by atoms with Crippen molar-refractivity contribution in [3.05, 3.63) is 35.9 Å². The molecule has 0 fully saturated rings. The number of rotatable bonds is 5. The van der Waals surface area contributed by atoms with E-state index in [1.165, 1.54) is 30.2 Å². The molecule has 0 heterocycles. The molecule has 1 aliphatic carbocycles. The van der Waals surface area contributed by atoms with Crippen LogP contribution in [0.3, 0.4) is 0 Å². The van der Waals surface area contributed by atoms with E-state index in [9.17, 15) is 13.2 Å². The van der Waals surface area contributed by atoms with E-state index in [0.29, 0.717) is 12.2 Å². The van der Waals surface area contributed by atoms with Crippen LogP contribution in [0.2, 0.25) is 0 Å². The minimum absolute atomic E-state index is 0.0311. The molecule has 0 spiro atoms. The summed E-state index contributed by atoms with van der Waals surface area (Å²) in [7, 11) is -3.77. The van der Waals surface area contributed by atoms with Crippen molar-refractivity contribution < 1.29 is 13.2 Å². The van der Waals surface area contributed by atoms with Gasteiger partial charge in [0.25, 0.3) is 0 Å². The molecule has 0 atom stereocenters. The second kappa shape index (κ2) is 6.73. The number of benzene rings is 1. The van der Waals surface area contributed by atoms with Gasteiger partial charge in [-0.05, 0) is 43.9 Å². The zero-order chi connectivity index (χ0) is 15.3. The van der Waals surface area contributed by atoms with E-state index < -0.39 is 10.0 Å². The van der Waals surface area contributed by atoms with Crippen molar-refractivity contribution in [2.24, 2.45) is 5.14 Å². The lowest BCUT2D eigenvalue weighted by Gasteiger charge is -2.09. The number of anilines is 1. The first-order chi connectivity index (χ1) is 9.95. The fourth-order valence-electron chi connectivity index (χ4n) is 2.23. The number of sulfonamides is 1. The summed E-state index contributed by atoms with van der Waals surface area (Å²) >= 11 is 0. The van der Waals surface area contributed by atoms with Crippen molar-refractivity contribution in [1.29, 1.82) is 0 Å². The van der Waals surface area contributed by atoms with Crippen LogP contribution in [0.4, 0.5) is 10.5 Å². The molecule has 0 unspecified atom stereocenters. The Kier molecular flexibility index (Phi) is 4.98. The SMILES string of the molecule is NS(=O)(=O)c1cccc(NC(=O)NCCC2=CCCC2)c1. The van der Waals surface area contributed by atoms with Gasteiger partial charge in [-0.3, -0.25) is 0 Å². The van der Waals surface area contributed by atoms with E-state index >= 15 is 0 Å². The number of allylic oxidation sites excluding steroid dienone is 1. The Bertz CT molecular complexity index is 653. The van der Waals surface area contributed by atoms with Crippen LogP contribution in [-0.2, 0) is 10.0 Å². The smallest absolute Gasteiger partial charge is 0.319 e. The Labute approximate surface area is 124 Å². The molecular weight excluding hydrogens is 290 g/mol. The fourth-order valence-corrected chi connectivity index (χ4v) is 2.79. The van der Waals surface area contributed by atoms with Crippen LogP contribution in [-0.4, -0.2) is 21.0 Å². The number of nitrogens with two attached hydrogens (primary N) is 1. The summed E-state index contributed by atoms with van der Waals surface area (Å²) in [6.07, 6.45) is 6.50. The van der Waals surface area contributed by atoms with E-state index in [2.05, 4.69) is 16.7 Å². The van der Waals surface area contributed by atoms with E-state index in [1.807, 2.05) is 0 Å². The molecule has 1 aromatic rings. The fraction of sp³-hybridized carbons (Fsp3) is 0.357. The molecule has 7 heteroatoms. The van der Waals surface area contributed by atoms with E-state index in [-0.39, 0.29) is 10.9 Å². The highest BCUT2D eigenvalue weighted by atomic mass is 32.2. The van der Waals surface area contributed by atoms with Gasteiger partial charge in [-0.1, -0.05) is 17.7 Å². The zero-order valence-corrected chi connectivity index (χ0v) is 12.4. The molecule has 4 N–H and O–H groups in total. The average Bonchev–Trinajstić information content (AvgIpc) is 2.91. The molecule has 114 valence electrons. The van der Waals surface area contributed by atoms with Gasteiger partial charge in [-0.2, -0.15) is 0 Å². The average molecular weight is 309 g/mol. The van der Waals surface area contributed by atoms with Crippen molar-refractivity contribution in [3.8, 4) is 0 Å². The predicted molar refractivity (Wildman–Crippen MR) is 81.4 cm³/mol.